The van der Waals surface area contributed by atoms with Crippen LogP contribution in [-0.2, 0) is 4.74 Å². The molecule has 0 radical (unpaired) electrons. The van der Waals surface area contributed by atoms with Gasteiger partial charge in [-0.3, -0.25) is 0 Å². The number of anilines is 3. The van der Waals surface area contributed by atoms with Crippen LogP contribution in [0.2, 0.25) is 0 Å². The van der Waals surface area contributed by atoms with Crippen LogP contribution in [0.5, 0.6) is 0 Å². The number of nitrogens with one attached hydrogen (secondary N) is 2. The van der Waals surface area contributed by atoms with E-state index in [1.807, 2.05) is 36.4 Å². The van der Waals surface area contributed by atoms with Gasteiger partial charge in [-0.1, -0.05) is 42.5 Å². The maximum atomic E-state index is 5.11. The summed E-state index contributed by atoms with van der Waals surface area (Å²) < 4.78 is 5.11. The molecule has 134 valence electrons. The van der Waals surface area contributed by atoms with Crippen LogP contribution in [0.15, 0.2) is 54.6 Å². The van der Waals surface area contributed by atoms with Gasteiger partial charge in [0, 0.05) is 31.0 Å². The molecule has 2 aromatic carbocycles. The third-order valence-electron chi connectivity index (χ3n) is 4.03. The molecule has 0 aliphatic heterocycles. The van der Waals surface area contributed by atoms with Gasteiger partial charge in [0.1, 0.15) is 11.6 Å². The molecule has 0 aliphatic carbocycles. The zero-order valence-corrected chi connectivity index (χ0v) is 15.4. The number of aromatic nitrogens is 2. The van der Waals surface area contributed by atoms with Crippen LogP contribution in [0.1, 0.15) is 11.1 Å². The number of rotatable bonds is 7. The summed E-state index contributed by atoms with van der Waals surface area (Å²) in [5, 5.41) is 6.72. The Kier molecular flexibility index (Phi) is 5.81. The fraction of sp³-hybridized carbons (Fsp3) is 0.238. The fourth-order valence-corrected chi connectivity index (χ4v) is 2.61. The van der Waals surface area contributed by atoms with Gasteiger partial charge in [0.25, 0.3) is 0 Å². The van der Waals surface area contributed by atoms with E-state index in [1.54, 1.807) is 7.11 Å². The van der Waals surface area contributed by atoms with Crippen LogP contribution in [0.4, 0.5) is 17.3 Å². The molecular formula is C21H24N4O. The number of nitrogens with zero attached hydrogens (tertiary/aromatic N) is 2. The maximum absolute atomic E-state index is 5.11. The first-order valence-electron chi connectivity index (χ1n) is 8.67. The summed E-state index contributed by atoms with van der Waals surface area (Å²) in [6, 6.07) is 18.2. The van der Waals surface area contributed by atoms with Crippen molar-refractivity contribution < 1.29 is 4.74 Å². The summed E-state index contributed by atoms with van der Waals surface area (Å²) in [7, 11) is 1.69. The number of aryl methyl sites for hydroxylation is 2. The van der Waals surface area contributed by atoms with Crippen molar-refractivity contribution >= 4 is 17.3 Å². The second kappa shape index (κ2) is 8.45. The zero-order valence-electron chi connectivity index (χ0n) is 15.4. The van der Waals surface area contributed by atoms with Crippen LogP contribution in [-0.4, -0.2) is 30.2 Å². The summed E-state index contributed by atoms with van der Waals surface area (Å²) in [5.41, 5.74) is 4.40. The summed E-state index contributed by atoms with van der Waals surface area (Å²) in [6.45, 7) is 5.46. The number of ether oxygens (including phenoxy) is 1. The van der Waals surface area contributed by atoms with Crippen LogP contribution >= 0.6 is 0 Å². The van der Waals surface area contributed by atoms with Gasteiger partial charge in [0.15, 0.2) is 5.82 Å². The lowest BCUT2D eigenvalue weighted by molar-refractivity contribution is 0.210. The van der Waals surface area contributed by atoms with Crippen molar-refractivity contribution in [3.63, 3.8) is 0 Å². The summed E-state index contributed by atoms with van der Waals surface area (Å²) in [5.74, 6) is 2.21. The van der Waals surface area contributed by atoms with Crippen molar-refractivity contribution in [2.24, 2.45) is 0 Å². The highest BCUT2D eigenvalue weighted by atomic mass is 16.5. The maximum Gasteiger partial charge on any atom is 0.163 e. The van der Waals surface area contributed by atoms with E-state index in [2.05, 4.69) is 47.7 Å². The number of benzene rings is 2. The van der Waals surface area contributed by atoms with Gasteiger partial charge in [-0.05, 0) is 31.0 Å². The van der Waals surface area contributed by atoms with Gasteiger partial charge in [0.05, 0.1) is 6.61 Å². The summed E-state index contributed by atoms with van der Waals surface area (Å²) in [4.78, 5) is 9.34. The third-order valence-corrected chi connectivity index (χ3v) is 4.03. The zero-order chi connectivity index (χ0) is 18.4. The van der Waals surface area contributed by atoms with Crippen LogP contribution in [0.3, 0.4) is 0 Å². The molecule has 0 spiro atoms. The Hall–Kier alpha value is -2.92. The largest absolute Gasteiger partial charge is 0.383 e. The van der Waals surface area contributed by atoms with Gasteiger partial charge in [-0.25, -0.2) is 9.97 Å². The van der Waals surface area contributed by atoms with E-state index in [1.165, 1.54) is 11.1 Å². The van der Waals surface area contributed by atoms with E-state index in [9.17, 15) is 0 Å². The lowest BCUT2D eigenvalue weighted by atomic mass is 10.1. The lowest BCUT2D eigenvalue weighted by Crippen LogP contribution is -2.10. The van der Waals surface area contributed by atoms with E-state index in [-0.39, 0.29) is 0 Å². The Morgan fingerprint density at radius 3 is 2.46 bits per heavy atom. The molecular weight excluding hydrogens is 324 g/mol. The SMILES string of the molecule is COCCNc1cc(Nc2cc(C)ccc2C)nc(-c2ccccc2)n1. The van der Waals surface area contributed by atoms with E-state index in [4.69, 9.17) is 9.72 Å². The number of methoxy groups -OCH3 is 1. The van der Waals surface area contributed by atoms with Crippen molar-refractivity contribution in [1.82, 2.24) is 9.97 Å². The molecule has 5 heteroatoms. The molecule has 0 atom stereocenters. The highest BCUT2D eigenvalue weighted by molar-refractivity contribution is 5.67. The van der Waals surface area contributed by atoms with Gasteiger partial charge in [0.2, 0.25) is 0 Å². The summed E-state index contributed by atoms with van der Waals surface area (Å²) >= 11 is 0. The Bertz CT molecular complexity index is 865. The van der Waals surface area contributed by atoms with Crippen LogP contribution in [0.25, 0.3) is 11.4 Å². The smallest absolute Gasteiger partial charge is 0.163 e. The molecule has 2 N–H and O–H groups in total. The Balaban J connectivity index is 1.95. The van der Waals surface area contributed by atoms with Crippen molar-refractivity contribution in [2.75, 3.05) is 30.9 Å². The van der Waals surface area contributed by atoms with Gasteiger partial charge in [-0.2, -0.15) is 0 Å². The van der Waals surface area contributed by atoms with Crippen molar-refractivity contribution in [3.05, 3.63) is 65.7 Å². The predicted molar refractivity (Wildman–Crippen MR) is 107 cm³/mol. The first-order valence-corrected chi connectivity index (χ1v) is 8.67. The molecule has 0 amide bonds. The van der Waals surface area contributed by atoms with Gasteiger partial charge < -0.3 is 15.4 Å². The second-order valence-electron chi connectivity index (χ2n) is 6.19. The average Bonchev–Trinajstić information content (AvgIpc) is 2.65. The van der Waals surface area contributed by atoms with E-state index < -0.39 is 0 Å². The Morgan fingerprint density at radius 2 is 1.69 bits per heavy atom. The van der Waals surface area contributed by atoms with E-state index >= 15 is 0 Å². The molecule has 5 nitrogen and oxygen atoms in total. The molecule has 26 heavy (non-hydrogen) atoms. The molecule has 1 heterocycles. The Labute approximate surface area is 154 Å². The second-order valence-corrected chi connectivity index (χ2v) is 6.19. The minimum atomic E-state index is 0.615. The summed E-state index contributed by atoms with van der Waals surface area (Å²) in [6.07, 6.45) is 0. The first kappa shape index (κ1) is 17.9. The van der Waals surface area contributed by atoms with Gasteiger partial charge in [-0.15, -0.1) is 0 Å². The van der Waals surface area contributed by atoms with Crippen molar-refractivity contribution in [2.45, 2.75) is 13.8 Å². The molecule has 0 saturated carbocycles. The molecule has 3 rings (SSSR count). The molecule has 0 bridgehead atoms. The lowest BCUT2D eigenvalue weighted by Gasteiger charge is -2.13. The molecule has 1 aromatic heterocycles. The standard InChI is InChI=1S/C21H24N4O/c1-15-9-10-16(2)18(13-15)23-20-14-19(22-11-12-26-3)24-21(25-20)17-7-5-4-6-8-17/h4-10,13-14H,11-12H2,1-3H3,(H2,22,23,24,25). The topological polar surface area (TPSA) is 59.1 Å². The molecule has 0 unspecified atom stereocenters. The fourth-order valence-electron chi connectivity index (χ4n) is 2.61. The predicted octanol–water partition coefficient (Wildman–Crippen LogP) is 4.56. The number of hydrogen-bond donors (Lipinski definition) is 2. The molecule has 0 fully saturated rings. The van der Waals surface area contributed by atoms with Crippen molar-refractivity contribution in [1.29, 1.82) is 0 Å². The highest BCUT2D eigenvalue weighted by Gasteiger charge is 2.08. The first-order chi connectivity index (χ1) is 12.7. The van der Waals surface area contributed by atoms with Crippen LogP contribution in [0, 0.1) is 13.8 Å². The average molecular weight is 348 g/mol. The minimum absolute atomic E-state index is 0.615. The number of hydrogen-bond acceptors (Lipinski definition) is 5. The Morgan fingerprint density at radius 1 is 0.923 bits per heavy atom. The normalized spacial score (nSPS) is 10.6. The molecule has 3 aromatic rings. The molecule has 0 saturated heterocycles. The molecule has 0 aliphatic rings. The van der Waals surface area contributed by atoms with E-state index in [0.29, 0.717) is 19.0 Å². The van der Waals surface area contributed by atoms with Crippen LogP contribution < -0.4 is 10.6 Å². The van der Waals surface area contributed by atoms with E-state index in [0.717, 1.165) is 22.9 Å². The minimum Gasteiger partial charge on any atom is -0.383 e. The van der Waals surface area contributed by atoms with Crippen molar-refractivity contribution in [3.8, 4) is 11.4 Å². The third kappa shape index (κ3) is 4.58. The monoisotopic (exact) mass is 348 g/mol. The van der Waals surface area contributed by atoms with Gasteiger partial charge >= 0.3 is 0 Å². The quantitative estimate of drug-likeness (QED) is 0.613. The highest BCUT2D eigenvalue weighted by Crippen LogP contribution is 2.25.